The van der Waals surface area contributed by atoms with Crippen LogP contribution in [-0.2, 0) is 0 Å². The van der Waals surface area contributed by atoms with Gasteiger partial charge in [-0.15, -0.1) is 0 Å². The van der Waals surface area contributed by atoms with Gasteiger partial charge in [-0.25, -0.2) is 4.98 Å². The highest BCUT2D eigenvalue weighted by molar-refractivity contribution is 5.46. The summed E-state index contributed by atoms with van der Waals surface area (Å²) in [6.07, 6.45) is 3.71. The first-order valence-electron chi connectivity index (χ1n) is 7.20. The minimum atomic E-state index is -0.601. The first-order valence-corrected chi connectivity index (χ1v) is 7.20. The second-order valence-electron chi connectivity index (χ2n) is 5.41. The van der Waals surface area contributed by atoms with Crippen LogP contribution >= 0.6 is 0 Å². The summed E-state index contributed by atoms with van der Waals surface area (Å²) >= 11 is 0. The van der Waals surface area contributed by atoms with Gasteiger partial charge in [-0.2, -0.15) is 0 Å². The van der Waals surface area contributed by atoms with Crippen LogP contribution in [0.3, 0.4) is 0 Å². The van der Waals surface area contributed by atoms with E-state index in [9.17, 15) is 5.11 Å². The zero-order valence-corrected chi connectivity index (χ0v) is 11.8. The van der Waals surface area contributed by atoms with E-state index in [1.165, 1.54) is 12.8 Å². The number of nitrogens with zero attached hydrogens (tertiary/aromatic N) is 2. The number of rotatable bonds is 3. The highest BCUT2D eigenvalue weighted by atomic mass is 16.3. The molecule has 1 atom stereocenters. The van der Waals surface area contributed by atoms with Crippen molar-refractivity contribution < 1.29 is 5.11 Å². The first-order chi connectivity index (χ1) is 9.75. The summed E-state index contributed by atoms with van der Waals surface area (Å²) in [5.41, 5.74) is 2.89. The summed E-state index contributed by atoms with van der Waals surface area (Å²) in [6, 6.07) is 11.8. The lowest BCUT2D eigenvalue weighted by Crippen LogP contribution is -2.19. The monoisotopic (exact) mass is 268 g/mol. The van der Waals surface area contributed by atoms with Crippen molar-refractivity contribution in [1.29, 1.82) is 0 Å². The molecule has 2 aromatic rings. The lowest BCUT2D eigenvalue weighted by Gasteiger charge is -2.19. The second kappa shape index (κ2) is 5.63. The molecule has 3 nitrogen and oxygen atoms in total. The Morgan fingerprint density at radius 2 is 1.85 bits per heavy atom. The van der Waals surface area contributed by atoms with Gasteiger partial charge in [0.2, 0.25) is 0 Å². The van der Waals surface area contributed by atoms with E-state index in [1.54, 1.807) is 0 Å². The van der Waals surface area contributed by atoms with Crippen LogP contribution in [0.25, 0.3) is 0 Å². The maximum atomic E-state index is 10.5. The highest BCUT2D eigenvalue weighted by Crippen LogP contribution is 2.27. The van der Waals surface area contributed by atoms with Crippen LogP contribution < -0.4 is 4.90 Å². The Hall–Kier alpha value is -1.87. The Morgan fingerprint density at radius 1 is 1.15 bits per heavy atom. The van der Waals surface area contributed by atoms with Gasteiger partial charge in [0, 0.05) is 24.8 Å². The molecule has 20 heavy (non-hydrogen) atoms. The van der Waals surface area contributed by atoms with Gasteiger partial charge in [-0.1, -0.05) is 30.3 Å². The van der Waals surface area contributed by atoms with Crippen LogP contribution in [0.4, 0.5) is 5.82 Å². The summed E-state index contributed by atoms with van der Waals surface area (Å²) in [7, 11) is 0. The molecular formula is C17H20N2O. The third-order valence-electron chi connectivity index (χ3n) is 3.98. The molecule has 0 aliphatic carbocycles. The lowest BCUT2D eigenvalue weighted by atomic mass is 9.99. The van der Waals surface area contributed by atoms with Gasteiger partial charge >= 0.3 is 0 Å². The molecule has 2 heterocycles. The fourth-order valence-corrected chi connectivity index (χ4v) is 2.77. The van der Waals surface area contributed by atoms with Crippen molar-refractivity contribution in [2.45, 2.75) is 25.9 Å². The molecule has 1 N–H and O–H groups in total. The molecule has 1 aliphatic rings. The molecule has 104 valence electrons. The molecule has 0 unspecified atom stereocenters. The number of anilines is 1. The summed E-state index contributed by atoms with van der Waals surface area (Å²) < 4.78 is 0. The van der Waals surface area contributed by atoms with Gasteiger partial charge < -0.3 is 10.0 Å². The lowest BCUT2D eigenvalue weighted by molar-refractivity contribution is 0.219. The van der Waals surface area contributed by atoms with Crippen LogP contribution in [0, 0.1) is 6.92 Å². The predicted octanol–water partition coefficient (Wildman–Crippen LogP) is 3.07. The fourth-order valence-electron chi connectivity index (χ4n) is 2.77. The molecule has 0 amide bonds. The maximum absolute atomic E-state index is 10.5. The number of benzene rings is 1. The fraction of sp³-hybridized carbons (Fsp3) is 0.353. The van der Waals surface area contributed by atoms with E-state index in [0.29, 0.717) is 0 Å². The summed E-state index contributed by atoms with van der Waals surface area (Å²) in [6.45, 7) is 4.22. The third-order valence-corrected chi connectivity index (χ3v) is 3.98. The van der Waals surface area contributed by atoms with Crippen LogP contribution in [0.2, 0.25) is 0 Å². The van der Waals surface area contributed by atoms with Crippen LogP contribution in [0.5, 0.6) is 0 Å². The number of aryl methyl sites for hydroxylation is 1. The van der Waals surface area contributed by atoms with Crippen molar-refractivity contribution in [1.82, 2.24) is 4.98 Å². The van der Waals surface area contributed by atoms with E-state index in [4.69, 9.17) is 0 Å². The largest absolute Gasteiger partial charge is 0.384 e. The molecule has 1 saturated heterocycles. The summed E-state index contributed by atoms with van der Waals surface area (Å²) in [5.74, 6) is 1.03. The number of hydrogen-bond acceptors (Lipinski definition) is 3. The van der Waals surface area contributed by atoms with E-state index >= 15 is 0 Å². The minimum Gasteiger partial charge on any atom is -0.384 e. The molecule has 0 spiro atoms. The Morgan fingerprint density at radius 3 is 2.50 bits per heavy atom. The number of aromatic nitrogens is 1. The van der Waals surface area contributed by atoms with Gasteiger partial charge in [0.25, 0.3) is 0 Å². The van der Waals surface area contributed by atoms with E-state index < -0.39 is 6.10 Å². The Bertz CT molecular complexity index is 577. The smallest absolute Gasteiger partial charge is 0.128 e. The number of pyridine rings is 1. The standard InChI is InChI=1S/C17H20N2O/c1-13-11-16(19-9-5-6-10-19)18-12-15(13)17(20)14-7-3-2-4-8-14/h2-4,7-8,11-12,17,20H,5-6,9-10H2,1H3/t17-/m0/s1. The van der Waals surface area contributed by atoms with Crippen LogP contribution in [0.1, 0.15) is 35.6 Å². The van der Waals surface area contributed by atoms with Gasteiger partial charge in [0.1, 0.15) is 11.9 Å². The first kappa shape index (κ1) is 13.1. The molecule has 0 radical (unpaired) electrons. The molecule has 3 heteroatoms. The zero-order valence-electron chi connectivity index (χ0n) is 11.8. The minimum absolute atomic E-state index is 0.601. The van der Waals surface area contributed by atoms with E-state index in [0.717, 1.165) is 35.6 Å². The van der Waals surface area contributed by atoms with E-state index in [1.807, 2.05) is 43.5 Å². The number of aliphatic hydroxyl groups excluding tert-OH is 1. The zero-order chi connectivity index (χ0) is 13.9. The van der Waals surface area contributed by atoms with Gasteiger partial charge in [0.05, 0.1) is 0 Å². The Balaban J connectivity index is 1.87. The molecular weight excluding hydrogens is 248 g/mol. The molecule has 0 bridgehead atoms. The molecule has 0 saturated carbocycles. The van der Waals surface area contributed by atoms with Gasteiger partial charge in [-0.05, 0) is 37.0 Å². The average Bonchev–Trinajstić information content (AvgIpc) is 3.01. The molecule has 1 fully saturated rings. The van der Waals surface area contributed by atoms with Crippen molar-refractivity contribution >= 4 is 5.82 Å². The summed E-state index contributed by atoms with van der Waals surface area (Å²) in [4.78, 5) is 6.85. The molecule has 1 aromatic heterocycles. The van der Waals surface area contributed by atoms with Crippen molar-refractivity contribution in [3.05, 3.63) is 59.3 Å². The van der Waals surface area contributed by atoms with Crippen molar-refractivity contribution in [2.75, 3.05) is 18.0 Å². The quantitative estimate of drug-likeness (QED) is 0.929. The number of hydrogen-bond donors (Lipinski definition) is 1. The molecule has 1 aromatic carbocycles. The van der Waals surface area contributed by atoms with Gasteiger partial charge in [0.15, 0.2) is 0 Å². The topological polar surface area (TPSA) is 36.4 Å². The highest BCUT2D eigenvalue weighted by Gasteiger charge is 2.17. The van der Waals surface area contributed by atoms with Gasteiger partial charge in [-0.3, -0.25) is 0 Å². The van der Waals surface area contributed by atoms with Crippen LogP contribution in [-0.4, -0.2) is 23.2 Å². The molecule has 1 aliphatic heterocycles. The Labute approximate surface area is 119 Å². The molecule has 3 rings (SSSR count). The number of aliphatic hydroxyl groups is 1. The van der Waals surface area contributed by atoms with E-state index in [2.05, 4.69) is 16.0 Å². The Kier molecular flexibility index (Phi) is 3.70. The SMILES string of the molecule is Cc1cc(N2CCCC2)ncc1[C@@H](O)c1ccccc1. The predicted molar refractivity (Wildman–Crippen MR) is 80.9 cm³/mol. The van der Waals surface area contributed by atoms with Crippen molar-refractivity contribution in [3.63, 3.8) is 0 Å². The average molecular weight is 268 g/mol. The normalized spacial score (nSPS) is 16.4. The van der Waals surface area contributed by atoms with Crippen molar-refractivity contribution in [3.8, 4) is 0 Å². The van der Waals surface area contributed by atoms with Crippen molar-refractivity contribution in [2.24, 2.45) is 0 Å². The second-order valence-corrected chi connectivity index (χ2v) is 5.41. The van der Waals surface area contributed by atoms with Crippen LogP contribution in [0.15, 0.2) is 42.6 Å². The third kappa shape index (κ3) is 2.54. The van der Waals surface area contributed by atoms with E-state index in [-0.39, 0.29) is 0 Å². The maximum Gasteiger partial charge on any atom is 0.128 e. The summed E-state index contributed by atoms with van der Waals surface area (Å²) in [5, 5.41) is 10.5.